The summed E-state index contributed by atoms with van der Waals surface area (Å²) in [6.07, 6.45) is 0. The van der Waals surface area contributed by atoms with Gasteiger partial charge in [-0.2, -0.15) is 0 Å². The van der Waals surface area contributed by atoms with Crippen LogP contribution in [0.3, 0.4) is 0 Å². The van der Waals surface area contributed by atoms with E-state index in [1.54, 1.807) is 20.0 Å². The molecule has 0 unspecified atom stereocenters. The van der Waals surface area contributed by atoms with Crippen LogP contribution >= 0.6 is 0 Å². The van der Waals surface area contributed by atoms with Gasteiger partial charge in [0.15, 0.2) is 5.65 Å². The van der Waals surface area contributed by atoms with E-state index in [0.717, 1.165) is 0 Å². The second-order valence-corrected chi connectivity index (χ2v) is 3.50. The van der Waals surface area contributed by atoms with Gasteiger partial charge < -0.3 is 4.74 Å². The largest absolute Gasteiger partial charge is 0.465 e. The normalized spacial score (nSPS) is 10.7. The number of ether oxygens (including phenoxy) is 1. The average molecular weight is 221 g/mol. The summed E-state index contributed by atoms with van der Waals surface area (Å²) < 4.78 is 6.12. The highest BCUT2D eigenvalue weighted by Gasteiger charge is 2.17. The number of aromatic amines is 1. The van der Waals surface area contributed by atoms with Crippen molar-refractivity contribution >= 4 is 17.0 Å². The van der Waals surface area contributed by atoms with Gasteiger partial charge in [-0.25, -0.2) is 9.78 Å². The summed E-state index contributed by atoms with van der Waals surface area (Å²) >= 11 is 0. The minimum absolute atomic E-state index is 0.242. The summed E-state index contributed by atoms with van der Waals surface area (Å²) in [7, 11) is 2.94. The van der Waals surface area contributed by atoms with E-state index >= 15 is 0 Å². The van der Waals surface area contributed by atoms with Crippen LogP contribution in [-0.4, -0.2) is 27.8 Å². The molecule has 16 heavy (non-hydrogen) atoms. The van der Waals surface area contributed by atoms with Gasteiger partial charge in [-0.15, -0.1) is 0 Å². The fourth-order valence-electron chi connectivity index (χ4n) is 1.66. The molecule has 6 nitrogen and oxygen atoms in total. The lowest BCUT2D eigenvalue weighted by Crippen LogP contribution is -2.08. The van der Waals surface area contributed by atoms with Crippen LogP contribution < -0.4 is 5.56 Å². The van der Waals surface area contributed by atoms with Crippen LogP contribution in [0.1, 0.15) is 16.1 Å². The molecule has 0 radical (unpaired) electrons. The van der Waals surface area contributed by atoms with Gasteiger partial charge in [-0.05, 0) is 13.0 Å². The number of fused-ring (bicyclic) bond motifs is 1. The number of nitrogens with zero attached hydrogens (tertiary/aromatic N) is 2. The van der Waals surface area contributed by atoms with Gasteiger partial charge in [0, 0.05) is 12.7 Å². The van der Waals surface area contributed by atoms with E-state index in [1.807, 2.05) is 0 Å². The van der Waals surface area contributed by atoms with E-state index in [9.17, 15) is 9.59 Å². The lowest BCUT2D eigenvalue weighted by atomic mass is 10.1. The Morgan fingerprint density at radius 3 is 2.88 bits per heavy atom. The fraction of sp³-hybridized carbons (Fsp3) is 0.300. The summed E-state index contributed by atoms with van der Waals surface area (Å²) in [5.41, 5.74) is 1.00. The summed E-state index contributed by atoms with van der Waals surface area (Å²) in [4.78, 5) is 27.4. The molecule has 6 heteroatoms. The first-order chi connectivity index (χ1) is 7.54. The van der Waals surface area contributed by atoms with Crippen molar-refractivity contribution in [1.82, 2.24) is 14.8 Å². The predicted molar refractivity (Wildman–Crippen MR) is 57.4 cm³/mol. The van der Waals surface area contributed by atoms with Crippen molar-refractivity contribution in [2.45, 2.75) is 6.92 Å². The SMILES string of the molecule is COC(=O)c1cc(C)nc2c1c(=O)[nH]n2C. The van der Waals surface area contributed by atoms with Gasteiger partial charge in [-0.1, -0.05) is 0 Å². The maximum atomic E-state index is 11.6. The maximum absolute atomic E-state index is 11.6. The number of carbonyl (C=O) groups excluding carboxylic acids is 1. The molecule has 1 N–H and O–H groups in total. The van der Waals surface area contributed by atoms with Crippen LogP contribution in [-0.2, 0) is 11.8 Å². The van der Waals surface area contributed by atoms with E-state index in [-0.39, 0.29) is 16.5 Å². The van der Waals surface area contributed by atoms with E-state index in [4.69, 9.17) is 0 Å². The molecule has 2 aromatic rings. The first kappa shape index (κ1) is 10.4. The summed E-state index contributed by atoms with van der Waals surface area (Å²) in [5.74, 6) is -0.535. The third-order valence-electron chi connectivity index (χ3n) is 2.35. The van der Waals surface area contributed by atoms with E-state index in [0.29, 0.717) is 11.3 Å². The number of nitrogens with one attached hydrogen (secondary N) is 1. The first-order valence-corrected chi connectivity index (χ1v) is 4.69. The number of pyridine rings is 1. The van der Waals surface area contributed by atoms with Crippen LogP contribution in [0.5, 0.6) is 0 Å². The van der Waals surface area contributed by atoms with Gasteiger partial charge >= 0.3 is 5.97 Å². The van der Waals surface area contributed by atoms with Gasteiger partial charge in [-0.3, -0.25) is 14.6 Å². The summed E-state index contributed by atoms with van der Waals surface area (Å²) in [5, 5.41) is 2.82. The minimum Gasteiger partial charge on any atom is -0.465 e. The van der Waals surface area contributed by atoms with Crippen LogP contribution in [0.15, 0.2) is 10.9 Å². The third-order valence-corrected chi connectivity index (χ3v) is 2.35. The Kier molecular flexibility index (Phi) is 2.26. The molecule has 0 aliphatic rings. The Morgan fingerprint density at radius 1 is 1.56 bits per heavy atom. The second-order valence-electron chi connectivity index (χ2n) is 3.50. The number of H-pyrrole nitrogens is 1. The van der Waals surface area contributed by atoms with E-state index in [2.05, 4.69) is 14.8 Å². The lowest BCUT2D eigenvalue weighted by molar-refractivity contribution is 0.0602. The molecular weight excluding hydrogens is 210 g/mol. The lowest BCUT2D eigenvalue weighted by Gasteiger charge is -2.02. The second kappa shape index (κ2) is 3.48. The molecule has 0 aliphatic heterocycles. The van der Waals surface area contributed by atoms with Crippen molar-refractivity contribution in [3.05, 3.63) is 27.7 Å². The van der Waals surface area contributed by atoms with E-state index < -0.39 is 5.97 Å². The standard InChI is InChI=1S/C10H11N3O3/c1-5-4-6(10(15)16-3)7-8(11-5)13(2)12-9(7)14/h4H,1-3H3,(H,12,14). The van der Waals surface area contributed by atoms with Gasteiger partial charge in [0.1, 0.15) is 0 Å². The smallest absolute Gasteiger partial charge is 0.338 e. The zero-order chi connectivity index (χ0) is 11.9. The zero-order valence-corrected chi connectivity index (χ0v) is 9.20. The number of aromatic nitrogens is 3. The number of carbonyl (C=O) groups is 1. The summed E-state index contributed by atoms with van der Waals surface area (Å²) in [6.45, 7) is 1.75. The molecular formula is C10H11N3O3. The van der Waals surface area contributed by atoms with Gasteiger partial charge in [0.05, 0.1) is 18.1 Å². The molecule has 2 rings (SSSR count). The number of rotatable bonds is 1. The molecule has 0 saturated carbocycles. The van der Waals surface area contributed by atoms with Crippen LogP contribution in [0.25, 0.3) is 11.0 Å². The molecule has 0 atom stereocenters. The zero-order valence-electron chi connectivity index (χ0n) is 9.20. The van der Waals surface area contributed by atoms with Crippen molar-refractivity contribution in [2.24, 2.45) is 7.05 Å². The molecule has 0 aromatic carbocycles. The van der Waals surface area contributed by atoms with Crippen molar-refractivity contribution in [1.29, 1.82) is 0 Å². The molecule has 0 saturated heterocycles. The molecule has 2 aromatic heterocycles. The molecule has 2 heterocycles. The van der Waals surface area contributed by atoms with Crippen LogP contribution in [0.2, 0.25) is 0 Å². The first-order valence-electron chi connectivity index (χ1n) is 4.69. The molecule has 84 valence electrons. The highest BCUT2D eigenvalue weighted by Crippen LogP contribution is 2.14. The molecule has 0 aliphatic carbocycles. The number of methoxy groups -OCH3 is 1. The monoisotopic (exact) mass is 221 g/mol. The van der Waals surface area contributed by atoms with Crippen molar-refractivity contribution < 1.29 is 9.53 Å². The number of aryl methyl sites for hydroxylation is 2. The van der Waals surface area contributed by atoms with Crippen molar-refractivity contribution in [3.63, 3.8) is 0 Å². The number of hydrogen-bond donors (Lipinski definition) is 1. The van der Waals surface area contributed by atoms with Crippen LogP contribution in [0.4, 0.5) is 0 Å². The summed E-state index contributed by atoms with van der Waals surface area (Å²) in [6, 6.07) is 1.55. The van der Waals surface area contributed by atoms with Crippen molar-refractivity contribution in [2.75, 3.05) is 7.11 Å². The van der Waals surface area contributed by atoms with Gasteiger partial charge in [0.25, 0.3) is 5.56 Å². The molecule has 0 bridgehead atoms. The fourth-order valence-corrected chi connectivity index (χ4v) is 1.66. The number of esters is 1. The Bertz CT molecular complexity index is 624. The average Bonchev–Trinajstić information content (AvgIpc) is 2.52. The van der Waals surface area contributed by atoms with E-state index in [1.165, 1.54) is 11.8 Å². The minimum atomic E-state index is -0.535. The Hall–Kier alpha value is -2.11. The predicted octanol–water partition coefficient (Wildman–Crippen LogP) is 0.357. The third kappa shape index (κ3) is 1.39. The molecule has 0 spiro atoms. The number of hydrogen-bond acceptors (Lipinski definition) is 4. The van der Waals surface area contributed by atoms with Crippen LogP contribution in [0, 0.1) is 6.92 Å². The Balaban J connectivity index is 2.92. The maximum Gasteiger partial charge on any atom is 0.338 e. The topological polar surface area (TPSA) is 77.0 Å². The Morgan fingerprint density at radius 2 is 2.25 bits per heavy atom. The highest BCUT2D eigenvalue weighted by atomic mass is 16.5. The van der Waals surface area contributed by atoms with Crippen molar-refractivity contribution in [3.8, 4) is 0 Å². The molecule has 0 amide bonds. The Labute approximate surface area is 90.8 Å². The molecule has 0 fully saturated rings. The quantitative estimate of drug-likeness (QED) is 0.705. The van der Waals surface area contributed by atoms with Gasteiger partial charge in [0.2, 0.25) is 0 Å². The highest BCUT2D eigenvalue weighted by molar-refractivity contribution is 6.02.